The summed E-state index contributed by atoms with van der Waals surface area (Å²) in [5.74, 6) is -1.07. The number of hydrogen-bond donors (Lipinski definition) is 1. The van der Waals surface area contributed by atoms with Gasteiger partial charge in [0.15, 0.2) is 5.82 Å². The molecule has 164 valence electrons. The Labute approximate surface area is 182 Å². The Morgan fingerprint density at radius 2 is 2.26 bits per heavy atom. The first-order valence-corrected chi connectivity index (χ1v) is 10.7. The van der Waals surface area contributed by atoms with Crippen LogP contribution in [0.5, 0.6) is 0 Å². The van der Waals surface area contributed by atoms with Crippen LogP contribution in [0.2, 0.25) is 0 Å². The highest BCUT2D eigenvalue weighted by molar-refractivity contribution is 7.13. The molecule has 8 nitrogen and oxygen atoms in total. The first kappa shape index (κ1) is 21.3. The van der Waals surface area contributed by atoms with Gasteiger partial charge in [-0.25, -0.2) is 14.2 Å². The molecule has 1 N–H and O–H groups in total. The van der Waals surface area contributed by atoms with Crippen molar-refractivity contribution in [3.63, 3.8) is 0 Å². The van der Waals surface area contributed by atoms with Crippen molar-refractivity contribution in [2.75, 3.05) is 33.9 Å². The number of pyridine rings is 1. The van der Waals surface area contributed by atoms with Gasteiger partial charge >= 0.3 is 6.09 Å². The third kappa shape index (κ3) is 4.00. The molecule has 1 fully saturated rings. The van der Waals surface area contributed by atoms with Gasteiger partial charge in [0, 0.05) is 31.6 Å². The first-order valence-electron chi connectivity index (χ1n) is 9.84. The van der Waals surface area contributed by atoms with Gasteiger partial charge < -0.3 is 24.1 Å². The van der Waals surface area contributed by atoms with E-state index in [9.17, 15) is 9.59 Å². The average molecular weight is 447 g/mol. The summed E-state index contributed by atoms with van der Waals surface area (Å²) in [7, 11) is 2.81. The van der Waals surface area contributed by atoms with Gasteiger partial charge in [0.25, 0.3) is 5.91 Å². The molecule has 1 aliphatic rings. The Kier molecular flexibility index (Phi) is 5.92. The number of thiophene rings is 1. The van der Waals surface area contributed by atoms with Crippen LogP contribution in [-0.2, 0) is 15.9 Å². The number of carbonyl (C=O) groups excluding carboxylic acids is 2. The number of aryl methyl sites for hydroxylation is 1. The molecular formula is C21H23FN4O4S. The van der Waals surface area contributed by atoms with Crippen molar-refractivity contribution in [2.24, 2.45) is 0 Å². The number of aromatic nitrogens is 2. The van der Waals surface area contributed by atoms with E-state index in [0.717, 1.165) is 22.6 Å². The number of fused-ring (bicyclic) bond motifs is 1. The van der Waals surface area contributed by atoms with E-state index in [1.807, 2.05) is 29.7 Å². The first-order chi connectivity index (χ1) is 14.9. The molecule has 1 aliphatic heterocycles. The minimum atomic E-state index is -0.591. The fraction of sp³-hybridized carbons (Fsp3) is 0.381. The van der Waals surface area contributed by atoms with Crippen molar-refractivity contribution >= 4 is 29.0 Å². The molecule has 0 radical (unpaired) electrons. The number of rotatable bonds is 4. The molecule has 0 aromatic carbocycles. The third-order valence-electron chi connectivity index (χ3n) is 5.29. The van der Waals surface area contributed by atoms with Gasteiger partial charge in [-0.2, -0.15) is 0 Å². The molecule has 0 saturated carbocycles. The van der Waals surface area contributed by atoms with Crippen LogP contribution in [0.3, 0.4) is 0 Å². The second-order valence-corrected chi connectivity index (χ2v) is 8.20. The maximum absolute atomic E-state index is 15.1. The standard InChI is InChI=1S/C21H23FN4O4S/c1-12-4-5-26-15(9-13-10-25(6-7-30-13)21(28)29-3)18(24-16(26)8-12)19-17(22)14(11-31-19)20(27)23-2/h4-5,8,11,13H,6-7,9-10H2,1-3H3,(H,23,27)/t13-/m0/s1. The zero-order valence-electron chi connectivity index (χ0n) is 17.5. The summed E-state index contributed by atoms with van der Waals surface area (Å²) in [4.78, 5) is 30.5. The number of methoxy groups -OCH3 is 1. The topological polar surface area (TPSA) is 85.2 Å². The van der Waals surface area contributed by atoms with Gasteiger partial charge in [0.05, 0.1) is 42.5 Å². The van der Waals surface area contributed by atoms with E-state index in [1.165, 1.54) is 19.5 Å². The highest BCUT2D eigenvalue weighted by Gasteiger charge is 2.29. The van der Waals surface area contributed by atoms with Crippen molar-refractivity contribution < 1.29 is 23.5 Å². The number of ether oxygens (including phenoxy) is 2. The van der Waals surface area contributed by atoms with Crippen molar-refractivity contribution in [2.45, 2.75) is 19.4 Å². The number of nitrogens with one attached hydrogen (secondary N) is 1. The van der Waals surface area contributed by atoms with Crippen LogP contribution < -0.4 is 5.32 Å². The van der Waals surface area contributed by atoms with Crippen LogP contribution >= 0.6 is 11.3 Å². The molecular weight excluding hydrogens is 423 g/mol. The number of carbonyl (C=O) groups is 2. The number of nitrogens with zero attached hydrogens (tertiary/aromatic N) is 3. The SMILES string of the molecule is CNC(=O)c1csc(-c2nc3cc(C)ccn3c2C[C@H]2CN(C(=O)OC)CCO2)c1F. The molecule has 10 heteroatoms. The highest BCUT2D eigenvalue weighted by atomic mass is 32.1. The second-order valence-electron chi connectivity index (χ2n) is 7.32. The fourth-order valence-corrected chi connectivity index (χ4v) is 4.65. The summed E-state index contributed by atoms with van der Waals surface area (Å²) in [5, 5.41) is 3.95. The lowest BCUT2D eigenvalue weighted by atomic mass is 10.1. The smallest absolute Gasteiger partial charge is 0.409 e. The number of halogens is 1. The normalized spacial score (nSPS) is 16.5. The lowest BCUT2D eigenvalue weighted by Crippen LogP contribution is -2.46. The maximum Gasteiger partial charge on any atom is 0.409 e. The summed E-state index contributed by atoms with van der Waals surface area (Å²) >= 11 is 1.14. The van der Waals surface area contributed by atoms with Crippen molar-refractivity contribution in [3.8, 4) is 10.6 Å². The Morgan fingerprint density at radius 1 is 1.45 bits per heavy atom. The van der Waals surface area contributed by atoms with Gasteiger partial charge in [-0.3, -0.25) is 4.79 Å². The highest BCUT2D eigenvalue weighted by Crippen LogP contribution is 2.35. The van der Waals surface area contributed by atoms with Crippen molar-refractivity contribution in [1.82, 2.24) is 19.6 Å². The Hall–Kier alpha value is -2.98. The quantitative estimate of drug-likeness (QED) is 0.666. The van der Waals surface area contributed by atoms with E-state index in [-0.39, 0.29) is 11.7 Å². The van der Waals surface area contributed by atoms with Crippen molar-refractivity contribution in [1.29, 1.82) is 0 Å². The molecule has 0 spiro atoms. The minimum absolute atomic E-state index is 0.00697. The van der Waals surface area contributed by atoms with E-state index >= 15 is 4.39 Å². The van der Waals surface area contributed by atoms with Gasteiger partial charge in [-0.05, 0) is 24.6 Å². The molecule has 31 heavy (non-hydrogen) atoms. The van der Waals surface area contributed by atoms with Gasteiger partial charge in [0.2, 0.25) is 0 Å². The summed E-state index contributed by atoms with van der Waals surface area (Å²) < 4.78 is 27.8. The zero-order valence-corrected chi connectivity index (χ0v) is 18.3. The van der Waals surface area contributed by atoms with Crippen molar-refractivity contribution in [3.05, 3.63) is 46.3 Å². The van der Waals surface area contributed by atoms with Crippen LogP contribution in [0, 0.1) is 12.7 Å². The Balaban J connectivity index is 1.75. The van der Waals surface area contributed by atoms with E-state index < -0.39 is 17.8 Å². The Bertz CT molecular complexity index is 1140. The van der Waals surface area contributed by atoms with E-state index in [2.05, 4.69) is 10.3 Å². The molecule has 1 saturated heterocycles. The van der Waals surface area contributed by atoms with Crippen LogP contribution in [0.1, 0.15) is 21.6 Å². The molecule has 1 atom stereocenters. The van der Waals surface area contributed by atoms with Crippen LogP contribution in [0.4, 0.5) is 9.18 Å². The number of imidazole rings is 1. The lowest BCUT2D eigenvalue weighted by Gasteiger charge is -2.32. The third-order valence-corrected chi connectivity index (χ3v) is 6.25. The van der Waals surface area contributed by atoms with Gasteiger partial charge in [-0.15, -0.1) is 11.3 Å². The molecule has 0 bridgehead atoms. The monoisotopic (exact) mass is 446 g/mol. The average Bonchev–Trinajstić information content (AvgIpc) is 3.32. The molecule has 4 rings (SSSR count). The summed E-state index contributed by atoms with van der Waals surface area (Å²) in [5.41, 5.74) is 2.93. The molecule has 3 aromatic rings. The molecule has 0 unspecified atom stereocenters. The van der Waals surface area contributed by atoms with E-state index in [0.29, 0.717) is 42.3 Å². The number of amides is 2. The fourth-order valence-electron chi connectivity index (χ4n) is 3.72. The summed E-state index contributed by atoms with van der Waals surface area (Å²) in [6.07, 6.45) is 1.61. The Morgan fingerprint density at radius 3 is 3.00 bits per heavy atom. The zero-order chi connectivity index (χ0) is 22.1. The number of hydrogen-bond acceptors (Lipinski definition) is 6. The number of morpholine rings is 1. The maximum atomic E-state index is 15.1. The molecule has 4 heterocycles. The predicted molar refractivity (Wildman–Crippen MR) is 114 cm³/mol. The lowest BCUT2D eigenvalue weighted by molar-refractivity contribution is -0.0241. The van der Waals surface area contributed by atoms with Crippen LogP contribution in [-0.4, -0.2) is 66.2 Å². The largest absolute Gasteiger partial charge is 0.453 e. The summed E-state index contributed by atoms with van der Waals surface area (Å²) in [6, 6.07) is 3.87. The van der Waals surface area contributed by atoms with Crippen LogP contribution in [0.15, 0.2) is 23.7 Å². The minimum Gasteiger partial charge on any atom is -0.453 e. The van der Waals surface area contributed by atoms with E-state index in [4.69, 9.17) is 9.47 Å². The second kappa shape index (κ2) is 8.64. The summed E-state index contributed by atoms with van der Waals surface area (Å²) in [6.45, 7) is 3.17. The molecule has 2 amide bonds. The molecule has 0 aliphatic carbocycles. The van der Waals surface area contributed by atoms with Gasteiger partial charge in [0.1, 0.15) is 11.3 Å². The van der Waals surface area contributed by atoms with E-state index in [1.54, 1.807) is 4.90 Å². The van der Waals surface area contributed by atoms with Gasteiger partial charge in [-0.1, -0.05) is 0 Å². The predicted octanol–water partition coefficient (Wildman–Crippen LogP) is 2.88. The molecule has 3 aromatic heterocycles. The van der Waals surface area contributed by atoms with Crippen LogP contribution in [0.25, 0.3) is 16.2 Å².